The Kier molecular flexibility index (Phi) is 7.40. The topological polar surface area (TPSA) is 64.4 Å². The van der Waals surface area contributed by atoms with Crippen LogP contribution in [0.3, 0.4) is 0 Å². The first-order chi connectivity index (χ1) is 15.2. The van der Waals surface area contributed by atoms with Gasteiger partial charge in [0.15, 0.2) is 0 Å². The first-order valence-electron chi connectivity index (χ1n) is 9.64. The van der Waals surface area contributed by atoms with Crippen molar-refractivity contribution in [2.45, 2.75) is 24.7 Å². The van der Waals surface area contributed by atoms with Gasteiger partial charge in [0.05, 0.1) is 12.7 Å². The summed E-state index contributed by atoms with van der Waals surface area (Å²) in [5, 5.41) is 15.1. The van der Waals surface area contributed by atoms with Gasteiger partial charge >= 0.3 is 6.18 Å². The van der Waals surface area contributed by atoms with Crippen molar-refractivity contribution in [1.29, 1.82) is 0 Å². The van der Waals surface area contributed by atoms with Gasteiger partial charge in [0.25, 0.3) is 0 Å². The highest BCUT2D eigenvalue weighted by atomic mass is 79.9. The van der Waals surface area contributed by atoms with Crippen LogP contribution in [0, 0.1) is 10.1 Å². The van der Waals surface area contributed by atoms with Gasteiger partial charge in [-0.1, -0.05) is 52.3 Å². The van der Waals surface area contributed by atoms with Crippen molar-refractivity contribution in [3.8, 4) is 5.75 Å². The highest BCUT2D eigenvalue weighted by molar-refractivity contribution is 9.10. The molecule has 0 fully saturated rings. The van der Waals surface area contributed by atoms with Crippen LogP contribution >= 0.6 is 15.9 Å². The van der Waals surface area contributed by atoms with Gasteiger partial charge in [0.2, 0.25) is 6.04 Å². The molecule has 9 heteroatoms. The van der Waals surface area contributed by atoms with Crippen molar-refractivity contribution in [2.24, 2.45) is 0 Å². The van der Waals surface area contributed by atoms with Crippen molar-refractivity contribution in [3.05, 3.63) is 104 Å². The Balaban J connectivity index is 2.10. The van der Waals surface area contributed by atoms with E-state index in [1.54, 1.807) is 48.5 Å². The third-order valence-corrected chi connectivity index (χ3v) is 5.83. The van der Waals surface area contributed by atoms with Crippen molar-refractivity contribution in [3.63, 3.8) is 0 Å². The predicted octanol–water partition coefficient (Wildman–Crippen LogP) is 6.52. The fourth-order valence-corrected chi connectivity index (χ4v) is 3.92. The molecule has 168 valence electrons. The molecule has 0 aliphatic carbocycles. The van der Waals surface area contributed by atoms with E-state index in [2.05, 4.69) is 21.2 Å². The minimum atomic E-state index is -4.66. The molecular weight excluding hydrogens is 489 g/mol. The average molecular weight is 509 g/mol. The molecule has 0 spiro atoms. The van der Waals surface area contributed by atoms with Crippen molar-refractivity contribution >= 4 is 21.6 Å². The zero-order valence-corrected chi connectivity index (χ0v) is 18.6. The molecule has 0 heterocycles. The van der Waals surface area contributed by atoms with Gasteiger partial charge in [-0.15, -0.1) is 0 Å². The molecule has 0 aliphatic heterocycles. The Morgan fingerprint density at radius 1 is 1.03 bits per heavy atom. The minimum absolute atomic E-state index is 0.0750. The largest absolute Gasteiger partial charge is 0.497 e. The standard InChI is InChI=1S/C23H20BrF3N2O3/c1-32-17-12-10-16(11-13-17)28-22(18-7-3-4-8-19(18)23(25,26)27)21(29(30)31)14-15-6-2-5-9-20(15)24/h2-13,21-22,28H,14H2,1H3/t21-,22+/m0/s1. The Morgan fingerprint density at radius 3 is 2.25 bits per heavy atom. The smallest absolute Gasteiger partial charge is 0.416 e. The summed E-state index contributed by atoms with van der Waals surface area (Å²) >= 11 is 3.37. The molecule has 0 radical (unpaired) electrons. The van der Waals surface area contributed by atoms with E-state index in [1.807, 2.05) is 0 Å². The summed E-state index contributed by atoms with van der Waals surface area (Å²) < 4.78 is 47.1. The highest BCUT2D eigenvalue weighted by Gasteiger charge is 2.41. The zero-order chi connectivity index (χ0) is 23.3. The molecule has 3 rings (SSSR count). The van der Waals surface area contributed by atoms with Crippen LogP contribution in [0.2, 0.25) is 0 Å². The van der Waals surface area contributed by atoms with Gasteiger partial charge in [-0.25, -0.2) is 0 Å². The molecule has 3 aromatic rings. The highest BCUT2D eigenvalue weighted by Crippen LogP contribution is 2.38. The number of hydrogen-bond donors (Lipinski definition) is 1. The van der Waals surface area contributed by atoms with E-state index in [-0.39, 0.29) is 12.0 Å². The maximum Gasteiger partial charge on any atom is 0.416 e. The molecule has 3 aromatic carbocycles. The number of nitrogens with zero attached hydrogens (tertiary/aromatic N) is 1. The Labute approximate surface area is 191 Å². The number of nitro groups is 1. The molecule has 2 atom stereocenters. The molecule has 0 saturated carbocycles. The SMILES string of the molecule is COc1ccc(N[C@H](c2ccccc2C(F)(F)F)[C@H](Cc2ccccc2Br)[N+](=O)[O-])cc1. The normalized spacial score (nSPS) is 13.3. The van der Waals surface area contributed by atoms with Gasteiger partial charge in [-0.3, -0.25) is 10.1 Å². The second-order valence-electron chi connectivity index (χ2n) is 7.08. The summed E-state index contributed by atoms with van der Waals surface area (Å²) in [6.07, 6.45) is -4.74. The van der Waals surface area contributed by atoms with Crippen LogP contribution in [0.15, 0.2) is 77.3 Å². The monoisotopic (exact) mass is 508 g/mol. The third-order valence-electron chi connectivity index (χ3n) is 5.06. The molecule has 32 heavy (non-hydrogen) atoms. The second kappa shape index (κ2) is 10.0. The van der Waals surface area contributed by atoms with Crippen LogP contribution in [-0.2, 0) is 12.6 Å². The molecule has 0 unspecified atom stereocenters. The molecule has 0 aliphatic rings. The molecule has 0 aromatic heterocycles. The summed E-state index contributed by atoms with van der Waals surface area (Å²) in [5.41, 5.74) is -0.0402. The van der Waals surface area contributed by atoms with E-state index in [4.69, 9.17) is 4.74 Å². The number of methoxy groups -OCH3 is 1. The van der Waals surface area contributed by atoms with Crippen LogP contribution in [0.1, 0.15) is 22.7 Å². The van der Waals surface area contributed by atoms with Gasteiger partial charge in [0.1, 0.15) is 11.8 Å². The summed E-state index contributed by atoms with van der Waals surface area (Å²) in [6, 6.07) is 15.7. The van der Waals surface area contributed by atoms with Gasteiger partial charge in [-0.05, 0) is 47.5 Å². The van der Waals surface area contributed by atoms with Crippen molar-refractivity contribution in [1.82, 2.24) is 0 Å². The van der Waals surface area contributed by atoms with Crippen LogP contribution in [-0.4, -0.2) is 18.1 Å². The molecule has 0 saturated heterocycles. The molecule has 0 bridgehead atoms. The Morgan fingerprint density at radius 2 is 1.66 bits per heavy atom. The van der Waals surface area contributed by atoms with Crippen molar-refractivity contribution in [2.75, 3.05) is 12.4 Å². The van der Waals surface area contributed by atoms with E-state index in [1.165, 1.54) is 25.3 Å². The lowest BCUT2D eigenvalue weighted by Gasteiger charge is -2.26. The third kappa shape index (κ3) is 5.59. The number of halogens is 4. The van der Waals surface area contributed by atoms with E-state index >= 15 is 0 Å². The number of benzene rings is 3. The lowest BCUT2D eigenvalue weighted by atomic mass is 9.90. The van der Waals surface area contributed by atoms with E-state index < -0.39 is 28.7 Å². The molecule has 0 amide bonds. The average Bonchev–Trinajstić information content (AvgIpc) is 2.77. The van der Waals surface area contributed by atoms with Crippen LogP contribution in [0.25, 0.3) is 0 Å². The van der Waals surface area contributed by atoms with E-state index in [9.17, 15) is 23.3 Å². The minimum Gasteiger partial charge on any atom is -0.497 e. The Hall–Kier alpha value is -3.07. The molecular formula is C23H20BrF3N2O3. The number of rotatable bonds is 8. The number of nitrogens with one attached hydrogen (secondary N) is 1. The first kappa shape index (κ1) is 23.6. The maximum absolute atomic E-state index is 13.8. The summed E-state index contributed by atoms with van der Waals surface area (Å²) in [4.78, 5) is 11.6. The maximum atomic E-state index is 13.8. The second-order valence-corrected chi connectivity index (χ2v) is 7.94. The number of hydrogen-bond acceptors (Lipinski definition) is 4. The summed E-state index contributed by atoms with van der Waals surface area (Å²) in [5.74, 6) is 0.557. The van der Waals surface area contributed by atoms with Gasteiger partial charge in [0, 0.05) is 21.5 Å². The van der Waals surface area contributed by atoms with Crippen molar-refractivity contribution < 1.29 is 22.8 Å². The predicted molar refractivity (Wildman–Crippen MR) is 119 cm³/mol. The number of ether oxygens (including phenoxy) is 1. The number of alkyl halides is 3. The first-order valence-corrected chi connectivity index (χ1v) is 10.4. The van der Waals surface area contributed by atoms with E-state index in [0.717, 1.165) is 6.07 Å². The van der Waals surface area contributed by atoms with Gasteiger partial charge in [-0.2, -0.15) is 13.2 Å². The van der Waals surface area contributed by atoms with Gasteiger partial charge < -0.3 is 10.1 Å². The summed E-state index contributed by atoms with van der Waals surface area (Å²) in [7, 11) is 1.49. The fraction of sp³-hybridized carbons (Fsp3) is 0.217. The van der Waals surface area contributed by atoms with E-state index in [0.29, 0.717) is 21.5 Å². The molecule has 1 N–H and O–H groups in total. The molecule has 5 nitrogen and oxygen atoms in total. The Bertz CT molecular complexity index is 1070. The zero-order valence-electron chi connectivity index (χ0n) is 17.0. The quantitative estimate of drug-likeness (QED) is 0.278. The lowest BCUT2D eigenvalue weighted by molar-refractivity contribution is -0.525. The summed E-state index contributed by atoms with van der Waals surface area (Å²) in [6.45, 7) is 0. The van der Waals surface area contributed by atoms with Crippen LogP contribution in [0.5, 0.6) is 5.75 Å². The van der Waals surface area contributed by atoms with Crippen LogP contribution in [0.4, 0.5) is 18.9 Å². The fourth-order valence-electron chi connectivity index (χ4n) is 3.48. The lowest BCUT2D eigenvalue weighted by Crippen LogP contribution is -2.36. The number of anilines is 1. The van der Waals surface area contributed by atoms with Crippen LogP contribution < -0.4 is 10.1 Å².